The number of amides is 2. The van der Waals surface area contributed by atoms with Crippen LogP contribution in [0.5, 0.6) is 5.75 Å². The Morgan fingerprint density at radius 1 is 1.12 bits per heavy atom. The van der Waals surface area contributed by atoms with Gasteiger partial charge >= 0.3 is 0 Å². The first-order valence-electron chi connectivity index (χ1n) is 10.3. The van der Waals surface area contributed by atoms with Gasteiger partial charge in [-0.15, -0.1) is 0 Å². The number of aryl methyl sites for hydroxylation is 1. The van der Waals surface area contributed by atoms with Crippen molar-refractivity contribution in [3.8, 4) is 5.75 Å². The van der Waals surface area contributed by atoms with Crippen LogP contribution in [0.25, 0.3) is 0 Å². The third-order valence-corrected chi connectivity index (χ3v) is 6.27. The minimum atomic E-state index is -3.78. The van der Waals surface area contributed by atoms with Crippen LogP contribution in [-0.2, 0) is 26.2 Å². The summed E-state index contributed by atoms with van der Waals surface area (Å²) >= 11 is 0. The average molecular weight is 462 g/mol. The molecular weight excluding hydrogens is 430 g/mol. The van der Waals surface area contributed by atoms with Crippen LogP contribution in [0.15, 0.2) is 48.5 Å². The second-order valence-electron chi connectivity index (χ2n) is 7.52. The van der Waals surface area contributed by atoms with Gasteiger partial charge in [0.25, 0.3) is 0 Å². The number of rotatable bonds is 10. The maximum Gasteiger partial charge on any atom is 0.244 e. The van der Waals surface area contributed by atoms with E-state index in [4.69, 9.17) is 4.74 Å². The number of anilines is 1. The average Bonchev–Trinajstić information content (AvgIpc) is 2.77. The van der Waals surface area contributed by atoms with Crippen LogP contribution in [0.2, 0.25) is 0 Å². The summed E-state index contributed by atoms with van der Waals surface area (Å²) in [4.78, 5) is 27.4. The lowest BCUT2D eigenvalue weighted by molar-refractivity contribution is -0.140. The van der Waals surface area contributed by atoms with Gasteiger partial charge in [0, 0.05) is 19.7 Å². The lowest BCUT2D eigenvalue weighted by Crippen LogP contribution is -2.51. The van der Waals surface area contributed by atoms with E-state index in [1.165, 1.54) is 19.1 Å². The fourth-order valence-electron chi connectivity index (χ4n) is 3.36. The van der Waals surface area contributed by atoms with Crippen molar-refractivity contribution in [2.75, 3.05) is 31.3 Å². The zero-order valence-electron chi connectivity index (χ0n) is 19.2. The third kappa shape index (κ3) is 6.46. The van der Waals surface area contributed by atoms with Crippen LogP contribution in [0.1, 0.15) is 24.5 Å². The van der Waals surface area contributed by atoms with Crippen molar-refractivity contribution in [1.82, 2.24) is 10.2 Å². The van der Waals surface area contributed by atoms with E-state index in [9.17, 15) is 18.0 Å². The molecule has 0 bridgehead atoms. The van der Waals surface area contributed by atoms with Gasteiger partial charge < -0.3 is 15.0 Å². The Hall–Kier alpha value is -3.07. The molecule has 0 saturated heterocycles. The normalized spacial score (nSPS) is 12.0. The molecule has 0 radical (unpaired) electrons. The van der Waals surface area contributed by atoms with E-state index in [2.05, 4.69) is 5.32 Å². The first-order chi connectivity index (χ1) is 15.1. The van der Waals surface area contributed by atoms with Gasteiger partial charge in [-0.1, -0.05) is 42.8 Å². The second-order valence-corrected chi connectivity index (χ2v) is 9.42. The quantitative estimate of drug-likeness (QED) is 0.586. The molecule has 9 heteroatoms. The summed E-state index contributed by atoms with van der Waals surface area (Å²) in [6.07, 6.45) is 1.43. The van der Waals surface area contributed by atoms with Gasteiger partial charge in [0.15, 0.2) is 0 Å². The lowest BCUT2D eigenvalue weighted by atomic mass is 10.1. The van der Waals surface area contributed by atoms with Crippen molar-refractivity contribution in [1.29, 1.82) is 0 Å². The Labute approximate surface area is 190 Å². The van der Waals surface area contributed by atoms with E-state index in [-0.39, 0.29) is 12.5 Å². The van der Waals surface area contributed by atoms with E-state index in [0.717, 1.165) is 21.7 Å². The number of methoxy groups -OCH3 is 1. The van der Waals surface area contributed by atoms with Crippen LogP contribution in [-0.4, -0.2) is 58.1 Å². The van der Waals surface area contributed by atoms with Gasteiger partial charge in [0.1, 0.15) is 18.3 Å². The van der Waals surface area contributed by atoms with Crippen LogP contribution < -0.4 is 14.4 Å². The summed E-state index contributed by atoms with van der Waals surface area (Å²) in [5, 5.41) is 2.60. The number of hydrogen-bond donors (Lipinski definition) is 1. The van der Waals surface area contributed by atoms with Crippen molar-refractivity contribution in [3.05, 3.63) is 59.7 Å². The smallest absolute Gasteiger partial charge is 0.244 e. The van der Waals surface area contributed by atoms with Gasteiger partial charge in [-0.25, -0.2) is 8.42 Å². The molecule has 0 aliphatic carbocycles. The van der Waals surface area contributed by atoms with Crippen molar-refractivity contribution < 1.29 is 22.7 Å². The summed E-state index contributed by atoms with van der Waals surface area (Å²) in [6.45, 7) is 3.52. The van der Waals surface area contributed by atoms with Gasteiger partial charge in [-0.2, -0.15) is 0 Å². The number of hydrogen-bond acceptors (Lipinski definition) is 5. The van der Waals surface area contributed by atoms with E-state index in [1.54, 1.807) is 24.3 Å². The molecule has 2 aromatic rings. The molecule has 0 heterocycles. The number of benzene rings is 2. The molecule has 2 aromatic carbocycles. The van der Waals surface area contributed by atoms with Crippen molar-refractivity contribution in [3.63, 3.8) is 0 Å². The molecule has 0 fully saturated rings. The molecule has 0 aliphatic heterocycles. The van der Waals surface area contributed by atoms with E-state index in [0.29, 0.717) is 17.9 Å². The van der Waals surface area contributed by atoms with Crippen LogP contribution in [0.3, 0.4) is 0 Å². The Morgan fingerprint density at radius 3 is 2.31 bits per heavy atom. The monoisotopic (exact) mass is 461 g/mol. The highest BCUT2D eigenvalue weighted by Crippen LogP contribution is 2.24. The molecule has 32 heavy (non-hydrogen) atoms. The molecule has 2 amide bonds. The molecule has 174 valence electrons. The summed E-state index contributed by atoms with van der Waals surface area (Å²) in [5.74, 6) is -0.313. The van der Waals surface area contributed by atoms with E-state index in [1.807, 2.05) is 38.1 Å². The molecule has 2 rings (SSSR count). The van der Waals surface area contributed by atoms with Gasteiger partial charge in [-0.05, 0) is 31.0 Å². The Morgan fingerprint density at radius 2 is 1.78 bits per heavy atom. The zero-order valence-corrected chi connectivity index (χ0v) is 20.0. The zero-order chi connectivity index (χ0) is 23.9. The van der Waals surface area contributed by atoms with Crippen molar-refractivity contribution in [2.24, 2.45) is 0 Å². The third-order valence-electron chi connectivity index (χ3n) is 5.13. The Bertz CT molecular complexity index is 1040. The molecule has 0 unspecified atom stereocenters. The lowest BCUT2D eigenvalue weighted by Gasteiger charge is -2.32. The first kappa shape index (κ1) is 25.2. The predicted molar refractivity (Wildman–Crippen MR) is 125 cm³/mol. The van der Waals surface area contributed by atoms with Gasteiger partial charge in [0.05, 0.1) is 19.1 Å². The fraction of sp³-hybridized carbons (Fsp3) is 0.391. The number of likely N-dealkylation sites (N-methyl/N-ethyl adjacent to an activating group) is 1. The molecule has 0 aliphatic rings. The highest BCUT2D eigenvalue weighted by molar-refractivity contribution is 7.92. The number of sulfonamides is 1. The molecule has 0 spiro atoms. The number of nitrogens with one attached hydrogen (secondary N) is 1. The molecule has 1 N–H and O–H groups in total. The minimum absolute atomic E-state index is 0.181. The van der Waals surface area contributed by atoms with Crippen molar-refractivity contribution in [2.45, 2.75) is 32.9 Å². The molecule has 8 nitrogen and oxygen atoms in total. The van der Waals surface area contributed by atoms with Crippen LogP contribution in [0.4, 0.5) is 5.69 Å². The maximum atomic E-state index is 13.4. The highest BCUT2D eigenvalue weighted by atomic mass is 32.2. The van der Waals surface area contributed by atoms with E-state index < -0.39 is 28.5 Å². The summed E-state index contributed by atoms with van der Waals surface area (Å²) in [5.41, 5.74) is 2.23. The van der Waals surface area contributed by atoms with Crippen molar-refractivity contribution >= 4 is 27.5 Å². The second kappa shape index (κ2) is 11.0. The Kier molecular flexibility index (Phi) is 8.65. The van der Waals surface area contributed by atoms with Gasteiger partial charge in [0.2, 0.25) is 21.8 Å². The molecule has 0 saturated carbocycles. The number of nitrogens with zero attached hydrogens (tertiary/aromatic N) is 2. The molecule has 1 atom stereocenters. The molecule has 0 aromatic heterocycles. The minimum Gasteiger partial charge on any atom is -0.497 e. The SMILES string of the molecule is CC[C@H](C(=O)NC)N(Cc1ccc(C)cc1)C(=O)CN(c1cccc(OC)c1)S(C)(=O)=O. The summed E-state index contributed by atoms with van der Waals surface area (Å²) in [7, 11) is -0.786. The highest BCUT2D eigenvalue weighted by Gasteiger charge is 2.31. The largest absolute Gasteiger partial charge is 0.497 e. The number of carbonyl (C=O) groups excluding carboxylic acids is 2. The molecular formula is C23H31N3O5S. The predicted octanol–water partition coefficient (Wildman–Crippen LogP) is 2.32. The fourth-order valence-corrected chi connectivity index (χ4v) is 4.20. The summed E-state index contributed by atoms with van der Waals surface area (Å²) in [6, 6.07) is 13.4. The summed E-state index contributed by atoms with van der Waals surface area (Å²) < 4.78 is 31.3. The Balaban J connectivity index is 2.42. The number of carbonyl (C=O) groups is 2. The van der Waals surface area contributed by atoms with E-state index >= 15 is 0 Å². The topological polar surface area (TPSA) is 96.0 Å². The van der Waals surface area contributed by atoms with Crippen LogP contribution in [0, 0.1) is 6.92 Å². The number of ether oxygens (including phenoxy) is 1. The maximum absolute atomic E-state index is 13.4. The van der Waals surface area contributed by atoms with Crippen LogP contribution >= 0.6 is 0 Å². The van der Waals surface area contributed by atoms with Gasteiger partial charge in [-0.3, -0.25) is 13.9 Å². The standard InChI is InChI=1S/C23H31N3O5S/c1-6-21(23(28)24-3)25(15-18-12-10-17(2)11-13-18)22(27)16-26(32(5,29)30)19-8-7-9-20(14-19)31-4/h7-14,21H,6,15-16H2,1-5H3,(H,24,28)/t21-/m1/s1. The first-order valence-corrected chi connectivity index (χ1v) is 12.1.